The Bertz CT molecular complexity index is 127. The number of hydrogen-bond donors (Lipinski definition) is 3. The van der Waals surface area contributed by atoms with Crippen LogP contribution in [0.2, 0.25) is 0 Å². The lowest BCUT2D eigenvalue weighted by Crippen LogP contribution is -2.23. The van der Waals surface area contributed by atoms with Crippen LogP contribution in [0.4, 0.5) is 0 Å². The Morgan fingerprint density at radius 1 is 1.50 bits per heavy atom. The molecule has 0 unspecified atom stereocenters. The molecule has 5 heteroatoms. The number of methoxy groups -OCH3 is 1. The smallest absolute Gasteiger partial charge is 0.306 e. The van der Waals surface area contributed by atoms with Crippen molar-refractivity contribution in [1.29, 1.82) is 0 Å². The van der Waals surface area contributed by atoms with Gasteiger partial charge in [0.05, 0.1) is 13.5 Å². The molecule has 0 bridgehead atoms. The van der Waals surface area contributed by atoms with E-state index < -0.39 is 6.29 Å². The number of carbonyl (C=O) groups is 1. The quantitative estimate of drug-likeness (QED) is 0.271. The van der Waals surface area contributed by atoms with E-state index in [0.717, 1.165) is 0 Å². The van der Waals surface area contributed by atoms with Crippen LogP contribution in [-0.2, 0) is 9.53 Å². The lowest BCUT2D eigenvalue weighted by atomic mass is 10.4. The van der Waals surface area contributed by atoms with Crippen molar-refractivity contribution in [2.45, 2.75) is 19.1 Å². The van der Waals surface area contributed by atoms with Crippen LogP contribution in [0.1, 0.15) is 12.8 Å². The van der Waals surface area contributed by atoms with E-state index in [9.17, 15) is 4.79 Å². The lowest BCUT2D eigenvalue weighted by Gasteiger charge is -2.04. The SMILES string of the molecule is COC(=O)CCNCCC(O)O. The maximum Gasteiger partial charge on any atom is 0.306 e. The van der Waals surface area contributed by atoms with Crippen LogP contribution in [-0.4, -0.2) is 42.7 Å². The Labute approximate surface area is 71.3 Å². The van der Waals surface area contributed by atoms with Crippen molar-refractivity contribution < 1.29 is 19.7 Å². The van der Waals surface area contributed by atoms with E-state index in [1.54, 1.807) is 0 Å². The van der Waals surface area contributed by atoms with Gasteiger partial charge in [0.2, 0.25) is 0 Å². The molecule has 0 aromatic rings. The van der Waals surface area contributed by atoms with Gasteiger partial charge < -0.3 is 20.3 Å². The molecule has 72 valence electrons. The molecule has 0 atom stereocenters. The first-order chi connectivity index (χ1) is 5.66. The first kappa shape index (κ1) is 11.4. The molecule has 5 nitrogen and oxygen atoms in total. The number of carbonyl (C=O) groups excluding carboxylic acids is 1. The summed E-state index contributed by atoms with van der Waals surface area (Å²) >= 11 is 0. The molecular formula is C7H15NO4. The minimum absolute atomic E-state index is 0.265. The Hall–Kier alpha value is -0.650. The Morgan fingerprint density at radius 2 is 2.17 bits per heavy atom. The van der Waals surface area contributed by atoms with Gasteiger partial charge in [-0.25, -0.2) is 0 Å². The number of rotatable bonds is 6. The minimum Gasteiger partial charge on any atom is -0.469 e. The molecule has 0 aromatic carbocycles. The predicted molar refractivity (Wildman–Crippen MR) is 42.3 cm³/mol. The molecule has 0 aliphatic carbocycles. The fourth-order valence-corrected chi connectivity index (χ4v) is 0.649. The van der Waals surface area contributed by atoms with Crippen molar-refractivity contribution in [2.75, 3.05) is 20.2 Å². The number of hydrogen-bond acceptors (Lipinski definition) is 5. The summed E-state index contributed by atoms with van der Waals surface area (Å²) in [6.07, 6.45) is -0.713. The van der Waals surface area contributed by atoms with Gasteiger partial charge in [-0.3, -0.25) is 4.79 Å². The maximum atomic E-state index is 10.5. The Morgan fingerprint density at radius 3 is 2.67 bits per heavy atom. The van der Waals surface area contributed by atoms with Gasteiger partial charge in [-0.05, 0) is 6.54 Å². The summed E-state index contributed by atoms with van der Waals surface area (Å²) in [6.45, 7) is 0.980. The summed E-state index contributed by atoms with van der Waals surface area (Å²) in [5.41, 5.74) is 0. The van der Waals surface area contributed by atoms with Crippen molar-refractivity contribution in [1.82, 2.24) is 5.32 Å². The molecular weight excluding hydrogens is 162 g/mol. The van der Waals surface area contributed by atoms with Gasteiger partial charge >= 0.3 is 5.97 Å². The monoisotopic (exact) mass is 177 g/mol. The first-order valence-electron chi connectivity index (χ1n) is 3.80. The number of ether oxygens (including phenoxy) is 1. The third-order valence-corrected chi connectivity index (χ3v) is 1.31. The molecule has 0 heterocycles. The number of nitrogens with one attached hydrogen (secondary N) is 1. The summed E-state index contributed by atoms with van der Waals surface area (Å²) in [5, 5.41) is 19.7. The lowest BCUT2D eigenvalue weighted by molar-refractivity contribution is -0.140. The predicted octanol–water partition coefficient (Wildman–Crippen LogP) is -1.16. The van der Waals surface area contributed by atoms with Crippen LogP contribution >= 0.6 is 0 Å². The van der Waals surface area contributed by atoms with Gasteiger partial charge in [-0.1, -0.05) is 0 Å². The van der Waals surface area contributed by atoms with Crippen LogP contribution in [0.15, 0.2) is 0 Å². The third kappa shape index (κ3) is 7.46. The summed E-state index contributed by atoms with van der Waals surface area (Å²) in [6, 6.07) is 0. The van der Waals surface area contributed by atoms with E-state index >= 15 is 0 Å². The van der Waals surface area contributed by atoms with Crippen LogP contribution < -0.4 is 5.32 Å². The van der Waals surface area contributed by atoms with Crippen molar-refractivity contribution in [3.05, 3.63) is 0 Å². The van der Waals surface area contributed by atoms with Gasteiger partial charge in [0.15, 0.2) is 6.29 Å². The average molecular weight is 177 g/mol. The fraction of sp³-hybridized carbons (Fsp3) is 0.857. The van der Waals surface area contributed by atoms with E-state index in [0.29, 0.717) is 19.5 Å². The van der Waals surface area contributed by atoms with Crippen molar-refractivity contribution in [3.8, 4) is 0 Å². The number of aliphatic hydroxyl groups is 2. The van der Waals surface area contributed by atoms with Gasteiger partial charge in [0, 0.05) is 13.0 Å². The van der Waals surface area contributed by atoms with E-state index in [4.69, 9.17) is 10.2 Å². The number of aliphatic hydroxyl groups excluding tert-OH is 1. The topological polar surface area (TPSA) is 78.8 Å². The highest BCUT2D eigenvalue weighted by Crippen LogP contribution is 1.84. The Kier molecular flexibility index (Phi) is 6.64. The molecule has 0 aliphatic heterocycles. The van der Waals surface area contributed by atoms with E-state index in [1.165, 1.54) is 7.11 Å². The van der Waals surface area contributed by atoms with Crippen LogP contribution in [0, 0.1) is 0 Å². The second-order valence-electron chi connectivity index (χ2n) is 2.35. The highest BCUT2D eigenvalue weighted by Gasteiger charge is 1.99. The molecule has 3 N–H and O–H groups in total. The second kappa shape index (κ2) is 7.02. The largest absolute Gasteiger partial charge is 0.469 e. The van der Waals surface area contributed by atoms with E-state index in [2.05, 4.69) is 10.1 Å². The standard InChI is InChI=1S/C7H15NO4/c1-12-7(11)3-5-8-4-2-6(9)10/h6,8-10H,2-5H2,1H3. The molecule has 0 saturated carbocycles. The van der Waals surface area contributed by atoms with Gasteiger partial charge in [0.25, 0.3) is 0 Å². The highest BCUT2D eigenvalue weighted by atomic mass is 16.5. The van der Waals surface area contributed by atoms with Crippen LogP contribution in [0.25, 0.3) is 0 Å². The van der Waals surface area contributed by atoms with E-state index in [-0.39, 0.29) is 12.4 Å². The molecule has 0 aromatic heterocycles. The second-order valence-corrected chi connectivity index (χ2v) is 2.35. The zero-order valence-electron chi connectivity index (χ0n) is 7.12. The van der Waals surface area contributed by atoms with Crippen molar-refractivity contribution in [2.24, 2.45) is 0 Å². The summed E-state index contributed by atoms with van der Waals surface area (Å²) < 4.78 is 4.40. The minimum atomic E-state index is -1.28. The van der Waals surface area contributed by atoms with Gasteiger partial charge in [-0.15, -0.1) is 0 Å². The molecule has 0 radical (unpaired) electrons. The average Bonchev–Trinajstić information content (AvgIpc) is 2.03. The van der Waals surface area contributed by atoms with Gasteiger partial charge in [0.1, 0.15) is 0 Å². The summed E-state index contributed by atoms with van der Waals surface area (Å²) in [4.78, 5) is 10.5. The number of esters is 1. The highest BCUT2D eigenvalue weighted by molar-refractivity contribution is 5.69. The molecule has 0 spiro atoms. The molecule has 0 amide bonds. The molecule has 0 aliphatic rings. The Balaban J connectivity index is 3.05. The third-order valence-electron chi connectivity index (χ3n) is 1.31. The van der Waals surface area contributed by atoms with Crippen LogP contribution in [0.5, 0.6) is 0 Å². The summed E-state index contributed by atoms with van der Waals surface area (Å²) in [7, 11) is 1.33. The van der Waals surface area contributed by atoms with Gasteiger partial charge in [-0.2, -0.15) is 0 Å². The van der Waals surface area contributed by atoms with Crippen molar-refractivity contribution in [3.63, 3.8) is 0 Å². The fourth-order valence-electron chi connectivity index (χ4n) is 0.649. The van der Waals surface area contributed by atoms with E-state index in [1.807, 2.05) is 0 Å². The molecule has 0 saturated heterocycles. The first-order valence-corrected chi connectivity index (χ1v) is 3.80. The maximum absolute atomic E-state index is 10.5. The zero-order chi connectivity index (χ0) is 9.40. The summed E-state index contributed by atoms with van der Waals surface area (Å²) in [5.74, 6) is -0.271. The molecule has 12 heavy (non-hydrogen) atoms. The normalized spacial score (nSPS) is 10.3. The molecule has 0 rings (SSSR count). The van der Waals surface area contributed by atoms with Crippen LogP contribution in [0.3, 0.4) is 0 Å². The zero-order valence-corrected chi connectivity index (χ0v) is 7.12. The van der Waals surface area contributed by atoms with Crippen molar-refractivity contribution >= 4 is 5.97 Å². The molecule has 0 fully saturated rings.